The fraction of sp³-hybridized carbons (Fsp3) is 0.571. The van der Waals surface area contributed by atoms with E-state index in [1.165, 1.54) is 18.2 Å². The van der Waals surface area contributed by atoms with Gasteiger partial charge in [0.1, 0.15) is 23.8 Å². The predicted molar refractivity (Wildman–Crippen MR) is 68.3 cm³/mol. The standard InChI is InChI=1S/C14H18FNO3/c1-14(2)18-11-6-5-10(13(11)19-14)17-12-7-8(15)3-4-9(12)16/h3-4,7,10-11,13H,5-6,16H2,1-2H3. The van der Waals surface area contributed by atoms with E-state index in [0.29, 0.717) is 11.4 Å². The fourth-order valence-electron chi connectivity index (χ4n) is 2.79. The molecule has 1 aliphatic carbocycles. The van der Waals surface area contributed by atoms with Crippen LogP contribution in [0.3, 0.4) is 0 Å². The quantitative estimate of drug-likeness (QED) is 0.836. The first kappa shape index (κ1) is 12.7. The molecular formula is C14H18FNO3. The Labute approximate surface area is 111 Å². The largest absolute Gasteiger partial charge is 0.485 e. The monoisotopic (exact) mass is 267 g/mol. The number of rotatable bonds is 2. The number of nitrogens with two attached hydrogens (primary N) is 1. The molecule has 19 heavy (non-hydrogen) atoms. The highest BCUT2D eigenvalue weighted by molar-refractivity contribution is 5.52. The minimum absolute atomic E-state index is 0.0507. The third kappa shape index (κ3) is 2.40. The molecule has 3 unspecified atom stereocenters. The van der Waals surface area contributed by atoms with Gasteiger partial charge in [0.15, 0.2) is 5.79 Å². The minimum Gasteiger partial charge on any atom is -0.485 e. The lowest BCUT2D eigenvalue weighted by atomic mass is 10.2. The Morgan fingerprint density at radius 3 is 2.89 bits per heavy atom. The van der Waals surface area contributed by atoms with Crippen LogP contribution < -0.4 is 10.5 Å². The van der Waals surface area contributed by atoms with Gasteiger partial charge in [-0.1, -0.05) is 0 Å². The van der Waals surface area contributed by atoms with E-state index in [2.05, 4.69) is 0 Å². The average Bonchev–Trinajstić information content (AvgIpc) is 2.80. The van der Waals surface area contributed by atoms with E-state index in [9.17, 15) is 4.39 Å². The highest BCUT2D eigenvalue weighted by Crippen LogP contribution is 2.40. The van der Waals surface area contributed by atoms with Gasteiger partial charge in [-0.15, -0.1) is 0 Å². The van der Waals surface area contributed by atoms with Crippen molar-refractivity contribution in [3.8, 4) is 5.75 Å². The molecule has 0 aromatic heterocycles. The lowest BCUT2D eigenvalue weighted by Crippen LogP contribution is -2.33. The zero-order chi connectivity index (χ0) is 13.6. The minimum atomic E-state index is -0.579. The van der Waals surface area contributed by atoms with E-state index in [-0.39, 0.29) is 24.1 Å². The van der Waals surface area contributed by atoms with Gasteiger partial charge in [0.05, 0.1) is 11.8 Å². The summed E-state index contributed by atoms with van der Waals surface area (Å²) >= 11 is 0. The summed E-state index contributed by atoms with van der Waals surface area (Å²) < 4.78 is 30.7. The summed E-state index contributed by atoms with van der Waals surface area (Å²) in [4.78, 5) is 0. The maximum Gasteiger partial charge on any atom is 0.163 e. The van der Waals surface area contributed by atoms with Gasteiger partial charge < -0.3 is 19.9 Å². The highest BCUT2D eigenvalue weighted by Gasteiger charge is 2.50. The molecule has 0 amide bonds. The van der Waals surface area contributed by atoms with Crippen molar-refractivity contribution in [3.05, 3.63) is 24.0 Å². The first-order valence-electron chi connectivity index (χ1n) is 6.52. The summed E-state index contributed by atoms with van der Waals surface area (Å²) in [5, 5.41) is 0. The SMILES string of the molecule is CC1(C)OC2CCC(Oc3cc(F)ccc3N)C2O1. The third-order valence-electron chi connectivity index (χ3n) is 3.58. The van der Waals surface area contributed by atoms with Crippen LogP contribution in [-0.2, 0) is 9.47 Å². The van der Waals surface area contributed by atoms with Gasteiger partial charge in [-0.2, -0.15) is 0 Å². The lowest BCUT2D eigenvalue weighted by molar-refractivity contribution is -0.159. The summed E-state index contributed by atoms with van der Waals surface area (Å²) in [5.74, 6) is -0.563. The van der Waals surface area contributed by atoms with E-state index in [4.69, 9.17) is 19.9 Å². The Morgan fingerprint density at radius 1 is 1.32 bits per heavy atom. The second-order valence-electron chi connectivity index (χ2n) is 5.55. The van der Waals surface area contributed by atoms with Crippen LogP contribution in [0.2, 0.25) is 0 Å². The molecule has 2 fully saturated rings. The molecule has 104 valence electrons. The molecule has 1 aromatic rings. The van der Waals surface area contributed by atoms with Crippen LogP contribution in [0.4, 0.5) is 10.1 Å². The van der Waals surface area contributed by atoms with Gasteiger partial charge in [0.25, 0.3) is 0 Å². The summed E-state index contributed by atoms with van der Waals surface area (Å²) in [7, 11) is 0. The molecule has 0 radical (unpaired) electrons. The molecule has 5 heteroatoms. The van der Waals surface area contributed by atoms with Crippen LogP contribution in [0.5, 0.6) is 5.75 Å². The Balaban J connectivity index is 1.76. The molecule has 2 aliphatic rings. The maximum atomic E-state index is 13.2. The van der Waals surface area contributed by atoms with E-state index in [0.717, 1.165) is 12.8 Å². The smallest absolute Gasteiger partial charge is 0.163 e. The van der Waals surface area contributed by atoms with Crippen LogP contribution in [0, 0.1) is 5.82 Å². The topological polar surface area (TPSA) is 53.7 Å². The number of anilines is 1. The summed E-state index contributed by atoms with van der Waals surface area (Å²) in [5.41, 5.74) is 6.23. The molecule has 4 nitrogen and oxygen atoms in total. The zero-order valence-corrected chi connectivity index (χ0v) is 11.1. The second kappa shape index (κ2) is 4.35. The molecule has 2 N–H and O–H groups in total. The summed E-state index contributed by atoms with van der Waals surface area (Å²) in [6.07, 6.45) is 1.50. The molecule has 3 rings (SSSR count). The van der Waals surface area contributed by atoms with Gasteiger partial charge in [0.2, 0.25) is 0 Å². The summed E-state index contributed by atoms with van der Waals surface area (Å²) in [6, 6.07) is 4.13. The molecule has 1 aromatic carbocycles. The lowest BCUT2D eigenvalue weighted by Gasteiger charge is -2.23. The Bertz CT molecular complexity index is 492. The molecule has 1 saturated heterocycles. The van der Waals surface area contributed by atoms with Crippen LogP contribution in [-0.4, -0.2) is 24.1 Å². The summed E-state index contributed by atoms with van der Waals surface area (Å²) in [6.45, 7) is 3.78. The van der Waals surface area contributed by atoms with E-state index < -0.39 is 5.79 Å². The van der Waals surface area contributed by atoms with Crippen LogP contribution in [0.1, 0.15) is 26.7 Å². The Kier molecular flexibility index (Phi) is 2.91. The molecular weight excluding hydrogens is 249 g/mol. The van der Waals surface area contributed by atoms with Crippen molar-refractivity contribution in [2.75, 3.05) is 5.73 Å². The average molecular weight is 267 g/mol. The van der Waals surface area contributed by atoms with Crippen molar-refractivity contribution in [2.24, 2.45) is 0 Å². The maximum absolute atomic E-state index is 13.2. The van der Waals surface area contributed by atoms with Crippen LogP contribution in [0.25, 0.3) is 0 Å². The first-order valence-corrected chi connectivity index (χ1v) is 6.52. The Hall–Kier alpha value is -1.33. The fourth-order valence-corrected chi connectivity index (χ4v) is 2.79. The molecule has 1 saturated carbocycles. The molecule has 0 bridgehead atoms. The van der Waals surface area contributed by atoms with E-state index in [1.54, 1.807) is 0 Å². The number of hydrogen-bond donors (Lipinski definition) is 1. The number of nitrogen functional groups attached to an aromatic ring is 1. The van der Waals surface area contributed by atoms with Gasteiger partial charge >= 0.3 is 0 Å². The number of benzene rings is 1. The van der Waals surface area contributed by atoms with Crippen molar-refractivity contribution >= 4 is 5.69 Å². The Morgan fingerprint density at radius 2 is 2.11 bits per heavy atom. The van der Waals surface area contributed by atoms with Crippen LogP contribution in [0.15, 0.2) is 18.2 Å². The third-order valence-corrected chi connectivity index (χ3v) is 3.58. The van der Waals surface area contributed by atoms with Crippen molar-refractivity contribution in [1.82, 2.24) is 0 Å². The van der Waals surface area contributed by atoms with Gasteiger partial charge in [-0.25, -0.2) is 4.39 Å². The van der Waals surface area contributed by atoms with Crippen LogP contribution >= 0.6 is 0 Å². The molecule has 0 spiro atoms. The van der Waals surface area contributed by atoms with Crippen molar-refractivity contribution < 1.29 is 18.6 Å². The van der Waals surface area contributed by atoms with E-state index >= 15 is 0 Å². The number of fused-ring (bicyclic) bond motifs is 1. The van der Waals surface area contributed by atoms with E-state index in [1.807, 2.05) is 13.8 Å². The second-order valence-corrected chi connectivity index (χ2v) is 5.55. The predicted octanol–water partition coefficient (Wildman–Crippen LogP) is 2.47. The molecule has 1 heterocycles. The number of hydrogen-bond acceptors (Lipinski definition) is 4. The first-order chi connectivity index (χ1) is 8.94. The highest BCUT2D eigenvalue weighted by atomic mass is 19.1. The van der Waals surface area contributed by atoms with Gasteiger partial charge in [0, 0.05) is 6.07 Å². The number of ether oxygens (including phenoxy) is 3. The van der Waals surface area contributed by atoms with Gasteiger partial charge in [-0.3, -0.25) is 0 Å². The normalized spacial score (nSPS) is 32.3. The van der Waals surface area contributed by atoms with Crippen molar-refractivity contribution in [3.63, 3.8) is 0 Å². The molecule has 3 atom stereocenters. The number of halogens is 1. The zero-order valence-electron chi connectivity index (χ0n) is 11.1. The molecule has 1 aliphatic heterocycles. The van der Waals surface area contributed by atoms with Crippen molar-refractivity contribution in [1.29, 1.82) is 0 Å². The van der Waals surface area contributed by atoms with Crippen molar-refractivity contribution in [2.45, 2.75) is 50.8 Å². The van der Waals surface area contributed by atoms with Gasteiger partial charge in [-0.05, 0) is 38.8 Å².